The van der Waals surface area contributed by atoms with Crippen molar-refractivity contribution in [2.75, 3.05) is 23.3 Å². The third kappa shape index (κ3) is 4.55. The molecule has 1 amide bonds. The summed E-state index contributed by atoms with van der Waals surface area (Å²) >= 11 is 1.07. The number of carbonyl (C=O) groups excluding carboxylic acids is 1. The number of hydrogen-bond donors (Lipinski definition) is 1. The first kappa shape index (κ1) is 23.5. The van der Waals surface area contributed by atoms with Gasteiger partial charge in [-0.25, -0.2) is 8.42 Å². The number of aromatic nitrogens is 1. The van der Waals surface area contributed by atoms with Crippen LogP contribution in [0.2, 0.25) is 0 Å². The van der Waals surface area contributed by atoms with Crippen molar-refractivity contribution in [3.05, 3.63) is 82.0 Å². The zero-order chi connectivity index (χ0) is 24.5. The van der Waals surface area contributed by atoms with Crippen LogP contribution >= 0.6 is 11.3 Å². The number of nitrogens with zero attached hydrogens (tertiary/aromatic N) is 2. The molecule has 0 saturated heterocycles. The Labute approximate surface area is 201 Å². The predicted octanol–water partition coefficient (Wildman–Crippen LogP) is 3.75. The molecule has 8 nitrogen and oxygen atoms in total. The number of amides is 1. The fourth-order valence-corrected chi connectivity index (χ4v) is 5.92. The van der Waals surface area contributed by atoms with E-state index >= 15 is 0 Å². The molecule has 0 saturated carbocycles. The van der Waals surface area contributed by atoms with Crippen molar-refractivity contribution in [1.29, 1.82) is 0 Å². The molecule has 1 N–H and O–H groups in total. The number of nitrogens with one attached hydrogen (secondary N) is 1. The Bertz CT molecular complexity index is 1530. The van der Waals surface area contributed by atoms with Crippen molar-refractivity contribution < 1.29 is 17.9 Å². The zero-order valence-corrected chi connectivity index (χ0v) is 20.4. The van der Waals surface area contributed by atoms with Crippen LogP contribution in [0.15, 0.2) is 76.4 Å². The molecule has 0 atom stereocenters. The van der Waals surface area contributed by atoms with Gasteiger partial charge in [-0.3, -0.25) is 13.9 Å². The van der Waals surface area contributed by atoms with Crippen LogP contribution in [0, 0.1) is 6.92 Å². The highest BCUT2D eigenvalue weighted by Crippen LogP contribution is 2.33. The van der Waals surface area contributed by atoms with E-state index in [0.29, 0.717) is 11.4 Å². The van der Waals surface area contributed by atoms with Gasteiger partial charge in [0.05, 0.1) is 27.9 Å². The van der Waals surface area contributed by atoms with Crippen LogP contribution in [0.4, 0.5) is 11.4 Å². The monoisotopic (exact) mass is 497 g/mol. The number of sulfonamides is 1. The standard InChI is InChI=1S/C24H23N3O5S2/c1-16-9-12-21(32-3)20(13-16)27(34(30,31)18-7-5-4-6-8-18)15-23(28)25-17-10-11-19-22(14-17)33-24(29)26(19)2/h4-14H,15H2,1-3H3,(H,25,28). The van der Waals surface area contributed by atoms with E-state index in [1.54, 1.807) is 61.6 Å². The van der Waals surface area contributed by atoms with Crippen LogP contribution in [0.25, 0.3) is 10.2 Å². The molecule has 0 unspecified atom stereocenters. The van der Waals surface area contributed by atoms with Gasteiger partial charge in [-0.15, -0.1) is 0 Å². The zero-order valence-electron chi connectivity index (χ0n) is 18.8. The largest absolute Gasteiger partial charge is 0.495 e. The predicted molar refractivity (Wildman–Crippen MR) is 134 cm³/mol. The van der Waals surface area contributed by atoms with Crippen molar-refractivity contribution in [2.45, 2.75) is 11.8 Å². The third-order valence-electron chi connectivity index (χ3n) is 5.30. The maximum atomic E-state index is 13.6. The summed E-state index contributed by atoms with van der Waals surface area (Å²) in [6.07, 6.45) is 0. The molecule has 34 heavy (non-hydrogen) atoms. The number of aryl methyl sites for hydroxylation is 2. The summed E-state index contributed by atoms with van der Waals surface area (Å²) in [5.74, 6) is -0.209. The van der Waals surface area contributed by atoms with Gasteiger partial charge in [-0.2, -0.15) is 0 Å². The lowest BCUT2D eigenvalue weighted by Crippen LogP contribution is -2.38. The Kier molecular flexibility index (Phi) is 6.45. The van der Waals surface area contributed by atoms with Gasteiger partial charge in [0.1, 0.15) is 12.3 Å². The van der Waals surface area contributed by atoms with Gasteiger partial charge >= 0.3 is 4.87 Å². The van der Waals surface area contributed by atoms with E-state index < -0.39 is 22.5 Å². The average Bonchev–Trinajstić information content (AvgIpc) is 3.10. The second-order valence-electron chi connectivity index (χ2n) is 7.66. The molecule has 0 bridgehead atoms. The Morgan fingerprint density at radius 2 is 1.82 bits per heavy atom. The Morgan fingerprint density at radius 3 is 2.53 bits per heavy atom. The molecule has 0 aliphatic heterocycles. The SMILES string of the molecule is COc1ccc(C)cc1N(CC(=O)Nc1ccc2c(c1)sc(=O)n2C)S(=O)(=O)c1ccccc1. The Morgan fingerprint density at radius 1 is 1.09 bits per heavy atom. The lowest BCUT2D eigenvalue weighted by molar-refractivity contribution is -0.114. The molecule has 0 aliphatic carbocycles. The van der Waals surface area contributed by atoms with Gasteiger partial charge < -0.3 is 14.6 Å². The van der Waals surface area contributed by atoms with Gasteiger partial charge in [0, 0.05) is 12.7 Å². The fourth-order valence-electron chi connectivity index (χ4n) is 3.56. The highest BCUT2D eigenvalue weighted by Gasteiger charge is 2.29. The summed E-state index contributed by atoms with van der Waals surface area (Å²) in [5, 5.41) is 2.75. The first-order valence-corrected chi connectivity index (χ1v) is 12.6. The highest BCUT2D eigenvalue weighted by molar-refractivity contribution is 7.92. The van der Waals surface area contributed by atoms with Crippen LogP contribution in [-0.4, -0.2) is 32.5 Å². The van der Waals surface area contributed by atoms with Crippen molar-refractivity contribution in [1.82, 2.24) is 4.57 Å². The van der Waals surface area contributed by atoms with E-state index in [4.69, 9.17) is 4.74 Å². The number of anilines is 2. The molecule has 0 radical (unpaired) electrons. The van der Waals surface area contributed by atoms with Gasteiger partial charge in [0.2, 0.25) is 5.91 Å². The highest BCUT2D eigenvalue weighted by atomic mass is 32.2. The topological polar surface area (TPSA) is 97.7 Å². The van der Waals surface area contributed by atoms with Crippen molar-refractivity contribution in [3.63, 3.8) is 0 Å². The molecule has 1 aromatic heterocycles. The van der Waals surface area contributed by atoms with Gasteiger partial charge in [0.15, 0.2) is 0 Å². The maximum absolute atomic E-state index is 13.6. The lowest BCUT2D eigenvalue weighted by atomic mass is 10.2. The lowest BCUT2D eigenvalue weighted by Gasteiger charge is -2.26. The molecule has 3 aromatic carbocycles. The molecule has 4 rings (SSSR count). The van der Waals surface area contributed by atoms with Crippen LogP contribution in [0.1, 0.15) is 5.56 Å². The maximum Gasteiger partial charge on any atom is 0.307 e. The van der Waals surface area contributed by atoms with E-state index in [-0.39, 0.29) is 15.5 Å². The molecule has 176 valence electrons. The van der Waals surface area contributed by atoms with Crippen molar-refractivity contribution >= 4 is 48.9 Å². The summed E-state index contributed by atoms with van der Waals surface area (Å²) in [6.45, 7) is 1.36. The number of fused-ring (bicyclic) bond motifs is 1. The van der Waals surface area contributed by atoms with E-state index in [1.165, 1.54) is 23.8 Å². The van der Waals surface area contributed by atoms with Crippen molar-refractivity contribution in [2.24, 2.45) is 7.05 Å². The number of benzene rings is 3. The third-order valence-corrected chi connectivity index (χ3v) is 8.07. The fraction of sp³-hybridized carbons (Fsp3) is 0.167. The van der Waals surface area contributed by atoms with Crippen molar-refractivity contribution in [3.8, 4) is 5.75 Å². The van der Waals surface area contributed by atoms with E-state index in [1.807, 2.05) is 6.92 Å². The van der Waals surface area contributed by atoms with Crippen LogP contribution in [0.5, 0.6) is 5.75 Å². The second-order valence-corrected chi connectivity index (χ2v) is 10.5. The normalized spacial score (nSPS) is 11.4. The van der Waals surface area contributed by atoms with Crippen LogP contribution in [0.3, 0.4) is 0 Å². The van der Waals surface area contributed by atoms with Gasteiger partial charge in [0.25, 0.3) is 10.0 Å². The minimum absolute atomic E-state index is 0.0573. The Hall–Kier alpha value is -3.63. The average molecular weight is 498 g/mol. The molecule has 1 heterocycles. The molecule has 0 spiro atoms. The quantitative estimate of drug-likeness (QED) is 0.419. The summed E-state index contributed by atoms with van der Waals surface area (Å²) in [4.78, 5) is 24.9. The molecule has 10 heteroatoms. The number of ether oxygens (including phenoxy) is 1. The Balaban J connectivity index is 1.70. The molecule has 0 aliphatic rings. The molecular weight excluding hydrogens is 474 g/mol. The van der Waals surface area contributed by atoms with Crippen LogP contribution < -0.4 is 19.2 Å². The van der Waals surface area contributed by atoms with E-state index in [9.17, 15) is 18.0 Å². The minimum Gasteiger partial charge on any atom is -0.495 e. The summed E-state index contributed by atoms with van der Waals surface area (Å²) in [5.41, 5.74) is 2.30. The molecular formula is C24H23N3O5S2. The number of carbonyl (C=O) groups is 1. The number of rotatable bonds is 7. The second kappa shape index (κ2) is 9.32. The first-order valence-electron chi connectivity index (χ1n) is 10.3. The first-order chi connectivity index (χ1) is 16.2. The summed E-state index contributed by atoms with van der Waals surface area (Å²) in [6, 6.07) is 18.2. The number of hydrogen-bond acceptors (Lipinski definition) is 6. The molecule has 0 fully saturated rings. The smallest absolute Gasteiger partial charge is 0.307 e. The number of methoxy groups -OCH3 is 1. The summed E-state index contributed by atoms with van der Waals surface area (Å²) < 4.78 is 35.8. The van der Waals surface area contributed by atoms with Gasteiger partial charge in [-0.1, -0.05) is 35.6 Å². The van der Waals surface area contributed by atoms with E-state index in [2.05, 4.69) is 5.32 Å². The summed E-state index contributed by atoms with van der Waals surface area (Å²) in [7, 11) is -0.950. The van der Waals surface area contributed by atoms with Crippen LogP contribution in [-0.2, 0) is 21.9 Å². The van der Waals surface area contributed by atoms with E-state index in [0.717, 1.165) is 31.4 Å². The molecule has 4 aromatic rings. The van der Waals surface area contributed by atoms with Gasteiger partial charge in [-0.05, 0) is 55.0 Å². The number of thiazole rings is 1. The minimum atomic E-state index is -4.08.